The van der Waals surface area contributed by atoms with Crippen LogP contribution in [-0.4, -0.2) is 165 Å². The summed E-state index contributed by atoms with van der Waals surface area (Å²) in [7, 11) is -29.3. The molecule has 0 amide bonds. The fourth-order valence-corrected chi connectivity index (χ4v) is 70.8. The van der Waals surface area contributed by atoms with Crippen molar-refractivity contribution in [3.63, 3.8) is 0 Å². The lowest BCUT2D eigenvalue weighted by Crippen LogP contribution is -2.56. The van der Waals surface area contributed by atoms with Crippen molar-refractivity contribution in [2.45, 2.75) is 311 Å². The van der Waals surface area contributed by atoms with Crippen LogP contribution in [0.4, 0.5) is 0 Å². The third-order valence-electron chi connectivity index (χ3n) is 26.3. The average molecular weight is 1900 g/mol. The first kappa shape index (κ1) is 100. The molecule has 120 heavy (non-hydrogen) atoms. The Morgan fingerprint density at radius 3 is 0.492 bits per heavy atom. The third kappa shape index (κ3) is 22.5. The van der Waals surface area contributed by atoms with Gasteiger partial charge in [0, 0.05) is 44.3 Å². The molecule has 12 nitrogen and oxygen atoms in total. The first-order chi connectivity index (χ1) is 57.7. The summed E-state index contributed by atoms with van der Waals surface area (Å²) < 4.78 is 61.6. The molecule has 658 valence electrons. The van der Waals surface area contributed by atoms with Gasteiger partial charge in [-0.2, -0.15) is 0 Å². The number of aromatic amines is 2. The molecule has 2 aliphatic heterocycles. The number of nitrogens with zero attached hydrogens (tertiary/aromatic N) is 2. The van der Waals surface area contributed by atoms with Crippen LogP contribution in [0.15, 0.2) is 97.1 Å². The van der Waals surface area contributed by atoms with E-state index in [0.717, 1.165) is 218 Å². The van der Waals surface area contributed by atoms with Crippen molar-refractivity contribution in [3.8, 4) is 44.5 Å². The topological polar surface area (TPSA) is 131 Å². The number of rotatable bonds is 52. The van der Waals surface area contributed by atoms with E-state index < -0.39 is 145 Å². The summed E-state index contributed by atoms with van der Waals surface area (Å²) in [5.74, 6) is 0. The molecule has 2 N–H and O–H groups in total. The van der Waals surface area contributed by atoms with Gasteiger partial charge in [0.05, 0.1) is 22.8 Å². The smallest absolute Gasteiger partial charge is 0.209 e. The van der Waals surface area contributed by atoms with Crippen molar-refractivity contribution in [1.82, 2.24) is 19.9 Å². The summed E-state index contributed by atoms with van der Waals surface area (Å²) in [5, 5.41) is 10.9. The van der Waals surface area contributed by atoms with Crippen molar-refractivity contribution < 1.29 is 32.9 Å². The number of aromatic nitrogens is 4. The largest absolute Gasteiger partial charge is 0.457 e. The fourth-order valence-electron chi connectivity index (χ4n) is 20.0. The van der Waals surface area contributed by atoms with E-state index in [4.69, 9.17) is 42.9 Å². The van der Waals surface area contributed by atoms with Gasteiger partial charge in [0.25, 0.3) is 0 Å². The lowest BCUT2D eigenvalue weighted by molar-refractivity contribution is 0.589. The van der Waals surface area contributed by atoms with Gasteiger partial charge in [-0.05, 0) is 213 Å². The first-order valence-electron chi connectivity index (χ1n) is 47.6. The molecule has 0 saturated heterocycles. The second-order valence-electron chi connectivity index (χ2n) is 35.6. The Morgan fingerprint density at radius 2 is 0.367 bits per heavy atom. The molecule has 0 saturated carbocycles. The van der Waals surface area contributed by atoms with Crippen molar-refractivity contribution in [2.24, 2.45) is 0 Å². The minimum atomic E-state index is -2.77. The highest BCUT2D eigenvalue weighted by molar-refractivity contribution is 6.96. The average Bonchev–Trinajstić information content (AvgIpc) is 1.44. The van der Waals surface area contributed by atoms with Crippen LogP contribution in [0.5, 0.6) is 0 Å². The molecule has 5 heterocycles. The molecule has 8 unspecified atom stereocenters. The van der Waals surface area contributed by atoms with Gasteiger partial charge in [0.1, 0.15) is 78.1 Å². The normalized spacial score (nSPS) is 17.3. The second-order valence-corrected chi connectivity index (χ2v) is 77.4. The molecule has 4 aromatic carbocycles. The zero-order valence-electron chi connectivity index (χ0n) is 79.3. The molecular formula is C92H158N4O8Si16. The van der Waals surface area contributed by atoms with Gasteiger partial charge in [0.2, 0.25) is 66.5 Å². The lowest BCUT2D eigenvalue weighted by Gasteiger charge is -2.36. The molecule has 9 rings (SSSR count). The Balaban J connectivity index is 1.78. The summed E-state index contributed by atoms with van der Waals surface area (Å²) in [6, 6.07) is 47.7. The Kier molecular flexibility index (Phi) is 39.0. The molecular weight excluding hydrogens is 1740 g/mol. The van der Waals surface area contributed by atoms with E-state index in [0.29, 0.717) is 0 Å². The van der Waals surface area contributed by atoms with E-state index in [1.54, 1.807) is 0 Å². The van der Waals surface area contributed by atoms with Crippen LogP contribution in [0.25, 0.3) is 90.9 Å². The second kappa shape index (κ2) is 46.6. The van der Waals surface area contributed by atoms with Crippen LogP contribution in [-0.2, 0) is 32.9 Å². The molecule has 7 aromatic rings. The Hall–Kier alpha value is -3.37. The number of H-pyrrole nitrogens is 2. The number of nitrogens with one attached hydrogen (secondary N) is 2. The summed E-state index contributed by atoms with van der Waals surface area (Å²) in [6.07, 6.45) is 27.2. The van der Waals surface area contributed by atoms with E-state index in [2.05, 4.69) is 291 Å². The molecule has 28 heteroatoms. The fraction of sp³-hybridized carbons (Fsp3) is 0.522. The molecule has 2 aliphatic rings. The van der Waals surface area contributed by atoms with E-state index in [-0.39, 0.29) is 0 Å². The van der Waals surface area contributed by atoms with Gasteiger partial charge in [-0.25, -0.2) is 9.97 Å². The van der Waals surface area contributed by atoms with Crippen LogP contribution in [0.1, 0.15) is 181 Å². The summed E-state index contributed by atoms with van der Waals surface area (Å²) in [4.78, 5) is 22.3. The number of unbranched alkanes of at least 4 members (excludes halogenated alkanes) is 8. The zero-order valence-corrected chi connectivity index (χ0v) is 98.6. The predicted octanol–water partition coefficient (Wildman–Crippen LogP) is 17.2. The number of hydrogen-bond donors (Lipinski definition) is 2. The maximum Gasteiger partial charge on any atom is 0.209 e. The predicted molar refractivity (Wildman–Crippen MR) is 572 cm³/mol. The van der Waals surface area contributed by atoms with Gasteiger partial charge in [0.15, 0.2) is 0 Å². The van der Waals surface area contributed by atoms with Crippen LogP contribution in [0, 0.1) is 0 Å². The van der Waals surface area contributed by atoms with Gasteiger partial charge < -0.3 is 42.9 Å². The summed E-state index contributed by atoms with van der Waals surface area (Å²) in [5.41, 5.74) is 17.6. The van der Waals surface area contributed by atoms with E-state index in [1.807, 2.05) is 0 Å². The highest BCUT2D eigenvalue weighted by atomic mass is 28.4. The first-order valence-corrected chi connectivity index (χ1v) is 84.5. The SMILES string of the molecule is CCCC[Si](C)(O[SiH2]C)c1cccc([Si](C)(CCCC)O[SiH2]C)c1-c1c2nc(c(-c3c([Si](C)(CCCC)O[SiH2]C)cccc3[Si](C)(CCCC)O[SiH2]C)c3ccc([nH]3)c(-c3c([Si](C)(CCCC)O[SiH2]C)cccc3[Si](C)(CCCC)O[SiH2]C)c3nc(c(-c4c([Si](C)(CCCC)O[SiH2]C)cccc4[Si](C)(CCCC)O[SiH2]C)c4ccc1[nH]4)C=C3)C=C2. The molecule has 0 aliphatic carbocycles. The number of benzene rings is 4. The van der Waals surface area contributed by atoms with Gasteiger partial charge >= 0.3 is 0 Å². The summed E-state index contributed by atoms with van der Waals surface area (Å²) in [6.45, 7) is 58.2. The van der Waals surface area contributed by atoms with Gasteiger partial charge in [-0.3, -0.25) is 0 Å². The maximum absolute atomic E-state index is 7.70. The molecule has 0 radical (unpaired) electrons. The number of fused-ring (bicyclic) bond motifs is 8. The molecule has 0 spiro atoms. The Labute approximate surface area is 754 Å². The van der Waals surface area contributed by atoms with Crippen LogP contribution < -0.4 is 41.5 Å². The number of hydrogen-bond acceptors (Lipinski definition) is 10. The third-order valence-corrected chi connectivity index (χ3v) is 78.9. The standard InChI is InChI=1S/C92H158N4O8Si16/c1-25-33-61-113(17,97-105-9)77-45-41-46-78(114(18,98-106-10)62-34-26-2)89(77)85-69-53-55-71(93-69)86(90-79(115(19,99-107-11)63-35-27-3)47-42-48-80(90)116(20,100-108-12)64-36-28-4)73-57-59-75(95-73)88(92-83(119(23,103-111-15)67-39-31-7)51-44-52-84(92)120(24,104-112-16)68-40-32-8)76-60-58-74(96-76)87(72-56-54-70(85)94-72)91-81(117(21,101-109-13)65-37-29-5)49-43-50-82(91)118(22,102-110-14)66-38-30-6/h41-60,93,96H,25-40,61-68,105-112H2,1-24H3. The van der Waals surface area contributed by atoms with E-state index in [9.17, 15) is 0 Å². The lowest BCUT2D eigenvalue weighted by atomic mass is 10.0. The molecule has 8 bridgehead atoms. The van der Waals surface area contributed by atoms with Crippen molar-refractivity contribution in [2.75, 3.05) is 0 Å². The Bertz CT molecular complexity index is 4020. The minimum Gasteiger partial charge on any atom is -0.457 e. The minimum absolute atomic E-state index is 0.899. The van der Waals surface area contributed by atoms with Crippen molar-refractivity contribution in [1.29, 1.82) is 0 Å². The monoisotopic (exact) mass is 1890 g/mol. The Morgan fingerprint density at radius 1 is 0.225 bits per heavy atom. The molecule has 8 atom stereocenters. The van der Waals surface area contributed by atoms with E-state index in [1.165, 1.54) is 63.7 Å². The van der Waals surface area contributed by atoms with Gasteiger partial charge in [-0.15, -0.1) is 0 Å². The zero-order chi connectivity index (χ0) is 87.1. The molecule has 3 aromatic heterocycles. The van der Waals surface area contributed by atoms with E-state index >= 15 is 0 Å². The van der Waals surface area contributed by atoms with Crippen molar-refractivity contribution in [3.05, 3.63) is 120 Å². The molecule has 0 fully saturated rings. The highest BCUT2D eigenvalue weighted by Gasteiger charge is 2.47. The van der Waals surface area contributed by atoms with Gasteiger partial charge in [-0.1, -0.05) is 283 Å². The van der Waals surface area contributed by atoms with Crippen LogP contribution >= 0.6 is 0 Å². The van der Waals surface area contributed by atoms with Crippen molar-refractivity contribution >= 4 is 233 Å². The summed E-state index contributed by atoms with van der Waals surface area (Å²) >= 11 is 0. The maximum atomic E-state index is 7.70. The quantitative estimate of drug-likeness (QED) is 0.0355. The van der Waals surface area contributed by atoms with Crippen LogP contribution in [0.3, 0.4) is 0 Å². The van der Waals surface area contributed by atoms with Crippen LogP contribution in [0.2, 0.25) is 153 Å². The highest BCUT2D eigenvalue weighted by Crippen LogP contribution is 2.43.